The van der Waals surface area contributed by atoms with E-state index in [4.69, 9.17) is 4.74 Å². The molecule has 3 rings (SSSR count). The van der Waals surface area contributed by atoms with Gasteiger partial charge in [0.1, 0.15) is 0 Å². The van der Waals surface area contributed by atoms with Crippen LogP contribution in [0.2, 0.25) is 0 Å². The fourth-order valence-corrected chi connectivity index (χ4v) is 2.40. The van der Waals surface area contributed by atoms with Crippen molar-refractivity contribution in [3.8, 4) is 5.88 Å². The quantitative estimate of drug-likeness (QED) is 0.839. The van der Waals surface area contributed by atoms with Crippen LogP contribution in [0, 0.1) is 11.8 Å². The first-order chi connectivity index (χ1) is 8.72. The summed E-state index contributed by atoms with van der Waals surface area (Å²) >= 11 is 0. The maximum atomic E-state index is 5.60. The third-order valence-corrected chi connectivity index (χ3v) is 3.54. The van der Waals surface area contributed by atoms with Crippen molar-refractivity contribution in [2.24, 2.45) is 11.8 Å². The molecule has 2 aliphatic carbocycles. The molecule has 0 aliphatic heterocycles. The molecule has 0 amide bonds. The lowest BCUT2D eigenvalue weighted by Gasteiger charge is -2.18. The van der Waals surface area contributed by atoms with Crippen molar-refractivity contribution in [3.05, 3.63) is 12.3 Å². The lowest BCUT2D eigenvalue weighted by molar-refractivity contribution is 0.232. The minimum Gasteiger partial charge on any atom is -0.475 e. The topological polar surface area (TPSA) is 47.0 Å². The number of nitrogens with one attached hydrogen (secondary N) is 1. The summed E-state index contributed by atoms with van der Waals surface area (Å²) in [5, 5.41) is 3.51. The van der Waals surface area contributed by atoms with Gasteiger partial charge in [0.15, 0.2) is 0 Å². The van der Waals surface area contributed by atoms with E-state index in [1.54, 1.807) is 6.20 Å². The highest BCUT2D eigenvalue weighted by molar-refractivity contribution is 5.30. The molecule has 2 saturated carbocycles. The zero-order valence-electron chi connectivity index (χ0n) is 11.1. The van der Waals surface area contributed by atoms with E-state index in [1.807, 2.05) is 19.9 Å². The SMILES string of the molecule is CC(C)Oc1ccnc(NC(C2CC2)C2CC2)n1. The minimum atomic E-state index is 0.149. The van der Waals surface area contributed by atoms with E-state index >= 15 is 0 Å². The molecule has 0 saturated heterocycles. The van der Waals surface area contributed by atoms with E-state index in [0.717, 1.165) is 17.8 Å². The minimum absolute atomic E-state index is 0.149. The Morgan fingerprint density at radius 3 is 2.44 bits per heavy atom. The van der Waals surface area contributed by atoms with Crippen molar-refractivity contribution in [1.29, 1.82) is 0 Å². The van der Waals surface area contributed by atoms with E-state index in [1.165, 1.54) is 25.7 Å². The second kappa shape index (κ2) is 4.75. The highest BCUT2D eigenvalue weighted by atomic mass is 16.5. The van der Waals surface area contributed by atoms with Gasteiger partial charge in [0.05, 0.1) is 6.10 Å². The lowest BCUT2D eigenvalue weighted by atomic mass is 10.1. The van der Waals surface area contributed by atoms with E-state index in [0.29, 0.717) is 11.9 Å². The predicted molar refractivity (Wildman–Crippen MR) is 70.7 cm³/mol. The first-order valence-electron chi connectivity index (χ1n) is 6.98. The molecule has 2 fully saturated rings. The van der Waals surface area contributed by atoms with Gasteiger partial charge >= 0.3 is 0 Å². The Balaban J connectivity index is 1.67. The maximum absolute atomic E-state index is 5.60. The third-order valence-electron chi connectivity index (χ3n) is 3.54. The van der Waals surface area contributed by atoms with Gasteiger partial charge in [-0.05, 0) is 51.4 Å². The van der Waals surface area contributed by atoms with Crippen LogP contribution in [0.4, 0.5) is 5.95 Å². The van der Waals surface area contributed by atoms with Gasteiger partial charge in [-0.2, -0.15) is 4.98 Å². The Morgan fingerprint density at radius 1 is 1.22 bits per heavy atom. The average Bonchev–Trinajstić information content (AvgIpc) is 3.18. The molecule has 0 spiro atoms. The molecular weight excluding hydrogens is 226 g/mol. The molecule has 1 aromatic heterocycles. The number of aromatic nitrogens is 2. The molecule has 0 radical (unpaired) electrons. The lowest BCUT2D eigenvalue weighted by Crippen LogP contribution is -2.25. The highest BCUT2D eigenvalue weighted by Gasteiger charge is 2.41. The summed E-state index contributed by atoms with van der Waals surface area (Å²) in [6.07, 6.45) is 7.35. The Kier molecular flexibility index (Phi) is 3.10. The van der Waals surface area contributed by atoms with Crippen LogP contribution in [0.3, 0.4) is 0 Å². The molecular formula is C14H21N3O. The van der Waals surface area contributed by atoms with Crippen LogP contribution in [0.15, 0.2) is 12.3 Å². The highest BCUT2D eigenvalue weighted by Crippen LogP contribution is 2.45. The van der Waals surface area contributed by atoms with E-state index < -0.39 is 0 Å². The smallest absolute Gasteiger partial charge is 0.226 e. The van der Waals surface area contributed by atoms with E-state index in [2.05, 4.69) is 15.3 Å². The van der Waals surface area contributed by atoms with Crippen molar-refractivity contribution < 1.29 is 4.74 Å². The van der Waals surface area contributed by atoms with Crippen molar-refractivity contribution in [3.63, 3.8) is 0 Å². The molecule has 2 aliphatic rings. The Labute approximate surface area is 108 Å². The number of anilines is 1. The molecule has 4 nitrogen and oxygen atoms in total. The van der Waals surface area contributed by atoms with Gasteiger partial charge in [-0.25, -0.2) is 4.98 Å². The number of ether oxygens (including phenoxy) is 1. The Morgan fingerprint density at radius 2 is 1.89 bits per heavy atom. The monoisotopic (exact) mass is 247 g/mol. The van der Waals surface area contributed by atoms with Gasteiger partial charge in [-0.3, -0.25) is 0 Å². The molecule has 1 heterocycles. The third kappa shape index (κ3) is 2.92. The van der Waals surface area contributed by atoms with Crippen molar-refractivity contribution >= 4 is 5.95 Å². The summed E-state index contributed by atoms with van der Waals surface area (Å²) in [6, 6.07) is 2.40. The second-order valence-electron chi connectivity index (χ2n) is 5.73. The molecule has 18 heavy (non-hydrogen) atoms. The van der Waals surface area contributed by atoms with Gasteiger partial charge in [0.2, 0.25) is 11.8 Å². The van der Waals surface area contributed by atoms with Crippen LogP contribution < -0.4 is 10.1 Å². The van der Waals surface area contributed by atoms with Crippen LogP contribution in [-0.4, -0.2) is 22.1 Å². The van der Waals surface area contributed by atoms with Gasteiger partial charge in [-0.15, -0.1) is 0 Å². The van der Waals surface area contributed by atoms with E-state index in [-0.39, 0.29) is 6.10 Å². The fourth-order valence-electron chi connectivity index (χ4n) is 2.40. The van der Waals surface area contributed by atoms with Gasteiger partial charge in [-0.1, -0.05) is 0 Å². The molecule has 0 bridgehead atoms. The van der Waals surface area contributed by atoms with Gasteiger partial charge in [0, 0.05) is 18.3 Å². The number of nitrogens with zero attached hydrogens (tertiary/aromatic N) is 2. The first-order valence-corrected chi connectivity index (χ1v) is 6.98. The van der Waals surface area contributed by atoms with Gasteiger partial charge in [0.25, 0.3) is 0 Å². The Hall–Kier alpha value is -1.32. The summed E-state index contributed by atoms with van der Waals surface area (Å²) in [4.78, 5) is 8.73. The molecule has 0 unspecified atom stereocenters. The largest absolute Gasteiger partial charge is 0.475 e. The molecule has 0 atom stereocenters. The maximum Gasteiger partial charge on any atom is 0.226 e. The van der Waals surface area contributed by atoms with Crippen molar-refractivity contribution in [2.45, 2.75) is 51.7 Å². The average molecular weight is 247 g/mol. The van der Waals surface area contributed by atoms with Crippen molar-refractivity contribution in [2.75, 3.05) is 5.32 Å². The van der Waals surface area contributed by atoms with E-state index in [9.17, 15) is 0 Å². The molecule has 1 aromatic rings. The van der Waals surface area contributed by atoms with Crippen LogP contribution in [0.1, 0.15) is 39.5 Å². The summed E-state index contributed by atoms with van der Waals surface area (Å²) in [7, 11) is 0. The van der Waals surface area contributed by atoms with Gasteiger partial charge < -0.3 is 10.1 Å². The normalized spacial score (nSPS) is 19.3. The number of hydrogen-bond acceptors (Lipinski definition) is 4. The number of rotatable bonds is 6. The second-order valence-corrected chi connectivity index (χ2v) is 5.73. The summed E-state index contributed by atoms with van der Waals surface area (Å²) in [6.45, 7) is 4.01. The molecule has 98 valence electrons. The molecule has 1 N–H and O–H groups in total. The molecule has 4 heteroatoms. The van der Waals surface area contributed by atoms with Crippen LogP contribution >= 0.6 is 0 Å². The van der Waals surface area contributed by atoms with Crippen LogP contribution in [-0.2, 0) is 0 Å². The van der Waals surface area contributed by atoms with Crippen LogP contribution in [0.25, 0.3) is 0 Å². The fraction of sp³-hybridized carbons (Fsp3) is 0.714. The molecule has 0 aromatic carbocycles. The van der Waals surface area contributed by atoms with Crippen molar-refractivity contribution in [1.82, 2.24) is 9.97 Å². The Bertz CT molecular complexity index is 401. The number of hydrogen-bond donors (Lipinski definition) is 1. The zero-order valence-corrected chi connectivity index (χ0v) is 11.1. The summed E-state index contributed by atoms with van der Waals surface area (Å²) in [5.41, 5.74) is 0. The standard InChI is InChI=1S/C14H21N3O/c1-9(2)18-12-7-8-15-14(16-12)17-13(10-3-4-10)11-5-6-11/h7-11,13H,3-6H2,1-2H3,(H,15,16,17). The van der Waals surface area contributed by atoms with Crippen LogP contribution in [0.5, 0.6) is 5.88 Å². The zero-order chi connectivity index (χ0) is 12.5. The summed E-state index contributed by atoms with van der Waals surface area (Å²) < 4.78 is 5.60. The predicted octanol–water partition coefficient (Wildman–Crippen LogP) is 2.86. The summed E-state index contributed by atoms with van der Waals surface area (Å²) in [5.74, 6) is 3.07. The first kappa shape index (κ1) is 11.8.